The van der Waals surface area contributed by atoms with Gasteiger partial charge in [-0.25, -0.2) is 17.9 Å². The lowest BCUT2D eigenvalue weighted by molar-refractivity contribution is 0.163. The molecule has 5 rings (SSSR count). The summed E-state index contributed by atoms with van der Waals surface area (Å²) < 4.78 is 27.5. The number of hydrogen-bond donors (Lipinski definition) is 2. The molecule has 32 heavy (non-hydrogen) atoms. The lowest BCUT2D eigenvalue weighted by Crippen LogP contribution is -2.39. The second-order valence-electron chi connectivity index (χ2n) is 9.90. The molecule has 1 atom stereocenters. The van der Waals surface area contributed by atoms with Gasteiger partial charge in [-0.1, -0.05) is 31.4 Å². The number of nitrogens with zero attached hydrogens (tertiary/aromatic N) is 1. The van der Waals surface area contributed by atoms with E-state index in [1.807, 2.05) is 0 Å². The Morgan fingerprint density at radius 2 is 1.59 bits per heavy atom. The molecule has 1 aliphatic heterocycles. The predicted octanol–water partition coefficient (Wildman–Crippen LogP) is 4.43. The first-order valence-corrected chi connectivity index (χ1v) is 14.0. The SMILES string of the molecule is O=C(Nc1c2c(cc3c1CCC3)CCC2)NS(=O)(=O)/C=C/C1CCCN1C1CCCCC1. The van der Waals surface area contributed by atoms with Crippen molar-refractivity contribution in [2.24, 2.45) is 0 Å². The molecular weight excluding hydrogens is 422 g/mol. The van der Waals surface area contributed by atoms with Crippen LogP contribution < -0.4 is 10.0 Å². The van der Waals surface area contributed by atoms with Gasteiger partial charge in [-0.2, -0.15) is 0 Å². The minimum absolute atomic E-state index is 0.151. The number of rotatable bonds is 5. The molecule has 1 unspecified atom stereocenters. The summed E-state index contributed by atoms with van der Waals surface area (Å²) in [6.45, 7) is 1.04. The van der Waals surface area contributed by atoms with Crippen molar-refractivity contribution in [3.63, 3.8) is 0 Å². The van der Waals surface area contributed by atoms with Gasteiger partial charge < -0.3 is 5.32 Å². The topological polar surface area (TPSA) is 78.5 Å². The number of fused-ring (bicyclic) bond motifs is 2. The summed E-state index contributed by atoms with van der Waals surface area (Å²) in [5, 5.41) is 4.12. The Morgan fingerprint density at radius 3 is 2.28 bits per heavy atom. The third kappa shape index (κ3) is 4.60. The van der Waals surface area contributed by atoms with E-state index in [0.29, 0.717) is 6.04 Å². The second-order valence-corrected chi connectivity index (χ2v) is 11.5. The van der Waals surface area contributed by atoms with Crippen LogP contribution in [0.25, 0.3) is 0 Å². The highest BCUT2D eigenvalue weighted by molar-refractivity contribution is 7.92. The van der Waals surface area contributed by atoms with E-state index in [9.17, 15) is 13.2 Å². The van der Waals surface area contributed by atoms with Gasteiger partial charge >= 0.3 is 6.03 Å². The number of sulfonamides is 1. The molecule has 0 radical (unpaired) electrons. The van der Waals surface area contributed by atoms with Crippen molar-refractivity contribution in [2.45, 2.75) is 95.6 Å². The molecule has 2 N–H and O–H groups in total. The fourth-order valence-corrected chi connectivity index (χ4v) is 7.12. The highest BCUT2D eigenvalue weighted by atomic mass is 32.2. The van der Waals surface area contributed by atoms with Gasteiger partial charge in [-0.3, -0.25) is 4.90 Å². The zero-order valence-corrected chi connectivity index (χ0v) is 19.7. The number of hydrogen-bond acceptors (Lipinski definition) is 4. The van der Waals surface area contributed by atoms with Crippen LogP contribution in [0.5, 0.6) is 0 Å². The molecule has 7 heteroatoms. The van der Waals surface area contributed by atoms with E-state index in [0.717, 1.165) is 63.6 Å². The van der Waals surface area contributed by atoms with Gasteiger partial charge in [0.15, 0.2) is 0 Å². The maximum Gasteiger partial charge on any atom is 0.333 e. The number of carbonyl (C=O) groups is 1. The Labute approximate surface area is 191 Å². The lowest BCUT2D eigenvalue weighted by atomic mass is 9.94. The van der Waals surface area contributed by atoms with Crippen molar-refractivity contribution < 1.29 is 13.2 Å². The molecule has 1 aromatic carbocycles. The average molecular weight is 458 g/mol. The van der Waals surface area contributed by atoms with Crippen molar-refractivity contribution in [1.29, 1.82) is 0 Å². The third-order valence-corrected chi connectivity index (χ3v) is 8.80. The number of aryl methyl sites for hydroxylation is 2. The Bertz CT molecular complexity index is 979. The van der Waals surface area contributed by atoms with Gasteiger partial charge in [-0.15, -0.1) is 0 Å². The van der Waals surface area contributed by atoms with Crippen LogP contribution in [-0.4, -0.2) is 38.0 Å². The van der Waals surface area contributed by atoms with Crippen LogP contribution in [0, 0.1) is 0 Å². The van der Waals surface area contributed by atoms with E-state index >= 15 is 0 Å². The molecule has 0 spiro atoms. The number of nitrogens with one attached hydrogen (secondary N) is 2. The van der Waals surface area contributed by atoms with Crippen molar-refractivity contribution in [3.8, 4) is 0 Å². The summed E-state index contributed by atoms with van der Waals surface area (Å²) in [6.07, 6.45) is 16.3. The van der Waals surface area contributed by atoms with Gasteiger partial charge in [0, 0.05) is 23.2 Å². The second kappa shape index (κ2) is 9.18. The van der Waals surface area contributed by atoms with E-state index in [1.165, 1.54) is 59.8 Å². The fourth-order valence-electron chi connectivity index (χ4n) is 6.35. The van der Waals surface area contributed by atoms with E-state index in [-0.39, 0.29) is 6.04 Å². The fraction of sp³-hybridized carbons (Fsp3) is 0.640. The molecule has 174 valence electrons. The monoisotopic (exact) mass is 457 g/mol. The molecule has 0 aromatic heterocycles. The summed E-state index contributed by atoms with van der Waals surface area (Å²) in [5.41, 5.74) is 5.88. The van der Waals surface area contributed by atoms with E-state index in [4.69, 9.17) is 0 Å². The molecular formula is C25H35N3O3S. The molecule has 2 fully saturated rings. The zero-order valence-electron chi connectivity index (χ0n) is 18.9. The number of anilines is 1. The summed E-state index contributed by atoms with van der Waals surface area (Å²) in [6, 6.07) is 2.37. The van der Waals surface area contributed by atoms with Crippen molar-refractivity contribution in [2.75, 3.05) is 11.9 Å². The van der Waals surface area contributed by atoms with Gasteiger partial charge in [-0.05, 0) is 93.0 Å². The highest BCUT2D eigenvalue weighted by Crippen LogP contribution is 2.38. The number of carbonyl (C=O) groups excluding carboxylic acids is 1. The summed E-state index contributed by atoms with van der Waals surface area (Å²) in [4.78, 5) is 15.2. The van der Waals surface area contributed by atoms with Crippen LogP contribution >= 0.6 is 0 Å². The number of urea groups is 1. The number of amides is 2. The summed E-state index contributed by atoms with van der Waals surface area (Å²) in [7, 11) is -3.84. The third-order valence-electron chi connectivity index (χ3n) is 7.81. The molecule has 1 aromatic rings. The lowest BCUT2D eigenvalue weighted by Gasteiger charge is -2.34. The van der Waals surface area contributed by atoms with E-state index in [2.05, 4.69) is 21.0 Å². The minimum Gasteiger partial charge on any atom is -0.307 e. The first-order valence-electron chi connectivity index (χ1n) is 12.4. The quantitative estimate of drug-likeness (QED) is 0.686. The summed E-state index contributed by atoms with van der Waals surface area (Å²) >= 11 is 0. The Balaban J connectivity index is 1.25. The first kappa shape index (κ1) is 22.0. The smallest absolute Gasteiger partial charge is 0.307 e. The average Bonchev–Trinajstić information content (AvgIpc) is 3.52. The molecule has 1 saturated carbocycles. The normalized spacial score (nSPS) is 24.1. The maximum absolute atomic E-state index is 12.7. The summed E-state index contributed by atoms with van der Waals surface area (Å²) in [5.74, 6) is 0. The van der Waals surface area contributed by atoms with Crippen LogP contribution in [0.1, 0.15) is 80.0 Å². The number of benzene rings is 1. The van der Waals surface area contributed by atoms with Crippen LogP contribution in [0.4, 0.5) is 10.5 Å². The maximum atomic E-state index is 12.7. The van der Waals surface area contributed by atoms with Crippen LogP contribution in [-0.2, 0) is 35.7 Å². The molecule has 2 amide bonds. The van der Waals surface area contributed by atoms with Crippen molar-refractivity contribution >= 4 is 21.7 Å². The van der Waals surface area contributed by atoms with E-state index < -0.39 is 16.1 Å². The van der Waals surface area contributed by atoms with Crippen LogP contribution in [0.15, 0.2) is 17.6 Å². The minimum atomic E-state index is -3.84. The predicted molar refractivity (Wildman–Crippen MR) is 127 cm³/mol. The Morgan fingerprint density at radius 1 is 0.906 bits per heavy atom. The molecule has 4 aliphatic rings. The Kier molecular flexibility index (Phi) is 6.30. The van der Waals surface area contributed by atoms with Crippen LogP contribution in [0.2, 0.25) is 0 Å². The largest absolute Gasteiger partial charge is 0.333 e. The number of likely N-dealkylation sites (tertiary alicyclic amines) is 1. The molecule has 1 heterocycles. The van der Waals surface area contributed by atoms with E-state index in [1.54, 1.807) is 6.08 Å². The van der Waals surface area contributed by atoms with Crippen LogP contribution in [0.3, 0.4) is 0 Å². The van der Waals surface area contributed by atoms with Crippen molar-refractivity contribution in [1.82, 2.24) is 9.62 Å². The molecule has 6 nitrogen and oxygen atoms in total. The van der Waals surface area contributed by atoms with Gasteiger partial charge in [0.1, 0.15) is 0 Å². The molecule has 3 aliphatic carbocycles. The van der Waals surface area contributed by atoms with Crippen molar-refractivity contribution in [3.05, 3.63) is 39.8 Å². The van der Waals surface area contributed by atoms with Gasteiger partial charge in [0.05, 0.1) is 0 Å². The standard InChI is InChI=1S/C25H35N3O3S/c29-25(26-24-22-12-4-7-18(22)17-19-8-5-13-23(19)24)27-32(30,31)16-14-21-11-6-15-28(21)20-9-2-1-3-10-20/h14,16-17,20-21H,1-13,15H2,(H2,26,27,29)/b16-14+. The zero-order chi connectivity index (χ0) is 22.1. The Hall–Kier alpha value is -1.86. The van der Waals surface area contributed by atoms with Gasteiger partial charge in [0.2, 0.25) is 0 Å². The highest BCUT2D eigenvalue weighted by Gasteiger charge is 2.30. The molecule has 1 saturated heterocycles. The first-order chi connectivity index (χ1) is 15.5. The molecule has 0 bridgehead atoms. The van der Waals surface area contributed by atoms with Gasteiger partial charge in [0.25, 0.3) is 10.0 Å².